The number of aliphatic imine (C=N–C) groups is 1. The number of nitrogens with one attached hydrogen (secondary N) is 3. The van der Waals surface area contributed by atoms with E-state index < -0.39 is 12.8 Å². The average Bonchev–Trinajstić information content (AvgIpc) is 2.52. The van der Waals surface area contributed by atoms with Crippen LogP contribution in [0.5, 0.6) is 0 Å². The summed E-state index contributed by atoms with van der Waals surface area (Å²) in [5.74, 6) is 0.284. The minimum atomic E-state index is -4.34. The molecule has 0 saturated heterocycles. The molecule has 28 heavy (non-hydrogen) atoms. The third-order valence-corrected chi connectivity index (χ3v) is 3.14. The van der Waals surface area contributed by atoms with Gasteiger partial charge in [-0.25, -0.2) is 0 Å². The second-order valence-electron chi connectivity index (χ2n) is 7.01. The van der Waals surface area contributed by atoms with Gasteiger partial charge in [-0.05, 0) is 31.9 Å². The lowest BCUT2D eigenvalue weighted by Gasteiger charge is -2.21. The van der Waals surface area contributed by atoms with Crippen LogP contribution in [0.2, 0.25) is 0 Å². The van der Waals surface area contributed by atoms with Crippen LogP contribution in [-0.2, 0) is 22.7 Å². The van der Waals surface area contributed by atoms with E-state index in [4.69, 9.17) is 0 Å². The molecule has 0 saturated carbocycles. The molecule has 0 heterocycles. The SMILES string of the molecule is CN=C(NCC(=O)NC(C)(C)C)NCc1cccc(COCC(F)(F)F)c1.I. The van der Waals surface area contributed by atoms with Crippen molar-refractivity contribution in [3.63, 3.8) is 0 Å². The topological polar surface area (TPSA) is 74.8 Å². The third-order valence-electron chi connectivity index (χ3n) is 3.14. The fourth-order valence-electron chi connectivity index (χ4n) is 2.15. The van der Waals surface area contributed by atoms with Gasteiger partial charge in [-0.1, -0.05) is 24.3 Å². The number of hydrogen-bond donors (Lipinski definition) is 3. The van der Waals surface area contributed by atoms with Crippen molar-refractivity contribution in [1.29, 1.82) is 0 Å². The van der Waals surface area contributed by atoms with Crippen LogP contribution in [0.4, 0.5) is 13.2 Å². The van der Waals surface area contributed by atoms with Crippen molar-refractivity contribution in [2.24, 2.45) is 4.99 Å². The molecule has 3 N–H and O–H groups in total. The largest absolute Gasteiger partial charge is 0.411 e. The number of halogens is 4. The van der Waals surface area contributed by atoms with E-state index in [1.165, 1.54) is 0 Å². The van der Waals surface area contributed by atoms with Gasteiger partial charge in [-0.3, -0.25) is 9.79 Å². The van der Waals surface area contributed by atoms with E-state index in [1.54, 1.807) is 25.2 Å². The minimum Gasteiger partial charge on any atom is -0.367 e. The first kappa shape index (κ1) is 26.4. The zero-order chi connectivity index (χ0) is 20.5. The van der Waals surface area contributed by atoms with Crippen LogP contribution >= 0.6 is 24.0 Å². The predicted molar refractivity (Wildman–Crippen MR) is 114 cm³/mol. The number of benzene rings is 1. The van der Waals surface area contributed by atoms with Gasteiger partial charge >= 0.3 is 6.18 Å². The fourth-order valence-corrected chi connectivity index (χ4v) is 2.15. The first-order valence-corrected chi connectivity index (χ1v) is 8.46. The van der Waals surface area contributed by atoms with Gasteiger partial charge in [-0.2, -0.15) is 13.2 Å². The second kappa shape index (κ2) is 12.1. The molecule has 1 amide bonds. The van der Waals surface area contributed by atoms with Gasteiger partial charge in [0.15, 0.2) is 5.96 Å². The summed E-state index contributed by atoms with van der Waals surface area (Å²) in [6.45, 7) is 4.75. The van der Waals surface area contributed by atoms with Crippen LogP contribution < -0.4 is 16.0 Å². The van der Waals surface area contributed by atoms with E-state index in [0.717, 1.165) is 5.56 Å². The Kier molecular flexibility index (Phi) is 11.4. The minimum absolute atomic E-state index is 0. The molecule has 0 spiro atoms. The molecule has 0 aliphatic carbocycles. The molecular weight excluding hydrogens is 488 g/mol. The molecule has 0 unspecified atom stereocenters. The van der Waals surface area contributed by atoms with Gasteiger partial charge in [0.05, 0.1) is 13.2 Å². The number of carbonyl (C=O) groups is 1. The Morgan fingerprint density at radius 1 is 1.14 bits per heavy atom. The van der Waals surface area contributed by atoms with Crippen LogP contribution in [0.1, 0.15) is 31.9 Å². The molecule has 10 heteroatoms. The molecule has 0 bridgehead atoms. The Morgan fingerprint density at radius 2 is 1.79 bits per heavy atom. The summed E-state index contributed by atoms with van der Waals surface area (Å²) < 4.78 is 41.0. The zero-order valence-electron chi connectivity index (χ0n) is 16.4. The zero-order valence-corrected chi connectivity index (χ0v) is 18.8. The van der Waals surface area contributed by atoms with Crippen molar-refractivity contribution < 1.29 is 22.7 Å². The van der Waals surface area contributed by atoms with Crippen LogP contribution in [0, 0.1) is 0 Å². The molecule has 0 aliphatic rings. The van der Waals surface area contributed by atoms with Crippen LogP contribution in [-0.4, -0.2) is 43.8 Å². The molecule has 1 aromatic carbocycles. The number of ether oxygens (including phenoxy) is 1. The van der Waals surface area contributed by atoms with Gasteiger partial charge < -0.3 is 20.7 Å². The van der Waals surface area contributed by atoms with Crippen molar-refractivity contribution in [3.8, 4) is 0 Å². The number of carbonyl (C=O) groups excluding carboxylic acids is 1. The van der Waals surface area contributed by atoms with Crippen molar-refractivity contribution in [3.05, 3.63) is 35.4 Å². The van der Waals surface area contributed by atoms with Crippen molar-refractivity contribution in [1.82, 2.24) is 16.0 Å². The van der Waals surface area contributed by atoms with Crippen LogP contribution in [0.25, 0.3) is 0 Å². The van der Waals surface area contributed by atoms with Gasteiger partial charge in [-0.15, -0.1) is 24.0 Å². The molecule has 6 nitrogen and oxygen atoms in total. The van der Waals surface area contributed by atoms with E-state index >= 15 is 0 Å². The highest BCUT2D eigenvalue weighted by Crippen LogP contribution is 2.16. The van der Waals surface area contributed by atoms with Crippen LogP contribution in [0.3, 0.4) is 0 Å². The monoisotopic (exact) mass is 516 g/mol. The summed E-state index contributed by atoms with van der Waals surface area (Å²) in [5.41, 5.74) is 1.18. The Morgan fingerprint density at radius 3 is 2.36 bits per heavy atom. The normalized spacial score (nSPS) is 12.2. The molecule has 0 radical (unpaired) electrons. The van der Waals surface area contributed by atoms with Crippen molar-refractivity contribution in [2.75, 3.05) is 20.2 Å². The third kappa shape index (κ3) is 12.8. The highest BCUT2D eigenvalue weighted by atomic mass is 127. The maximum atomic E-state index is 12.1. The number of alkyl halides is 3. The Bertz CT molecular complexity index is 646. The molecular formula is C18H28F3IN4O2. The van der Waals surface area contributed by atoms with Gasteiger partial charge in [0, 0.05) is 19.1 Å². The summed E-state index contributed by atoms with van der Waals surface area (Å²) in [6.07, 6.45) is -4.34. The molecule has 1 rings (SSSR count). The number of guanidine groups is 1. The van der Waals surface area contributed by atoms with Crippen molar-refractivity contribution >= 4 is 35.8 Å². The summed E-state index contributed by atoms with van der Waals surface area (Å²) in [5, 5.41) is 8.79. The summed E-state index contributed by atoms with van der Waals surface area (Å²) in [7, 11) is 1.58. The lowest BCUT2D eigenvalue weighted by atomic mass is 10.1. The lowest BCUT2D eigenvalue weighted by Crippen LogP contribution is -2.48. The van der Waals surface area contributed by atoms with E-state index in [1.807, 2.05) is 26.8 Å². The molecule has 160 valence electrons. The summed E-state index contributed by atoms with van der Waals surface area (Å²) in [6, 6.07) is 7.03. The van der Waals surface area contributed by atoms with E-state index in [9.17, 15) is 18.0 Å². The number of amides is 1. The Balaban J connectivity index is 0.00000729. The number of nitrogens with zero attached hydrogens (tertiary/aromatic N) is 1. The first-order chi connectivity index (χ1) is 12.5. The van der Waals surface area contributed by atoms with Gasteiger partial charge in [0.1, 0.15) is 6.61 Å². The average molecular weight is 516 g/mol. The molecule has 0 aliphatic heterocycles. The fraction of sp³-hybridized carbons (Fsp3) is 0.556. The van der Waals surface area contributed by atoms with Crippen molar-refractivity contribution in [2.45, 2.75) is 45.6 Å². The standard InChI is InChI=1S/C18H27F3N4O2.HI/c1-17(2,3)25-15(26)10-24-16(22-4)23-9-13-6-5-7-14(8-13)11-27-12-18(19,20)21;/h5-8H,9-12H2,1-4H3,(H,25,26)(H2,22,23,24);1H. The number of rotatable bonds is 7. The number of hydrogen-bond acceptors (Lipinski definition) is 3. The quantitative estimate of drug-likeness (QED) is 0.296. The maximum Gasteiger partial charge on any atom is 0.411 e. The van der Waals surface area contributed by atoms with E-state index in [-0.39, 0.29) is 48.6 Å². The molecule has 1 aromatic rings. The highest BCUT2D eigenvalue weighted by Gasteiger charge is 2.27. The second-order valence-corrected chi connectivity index (χ2v) is 7.01. The summed E-state index contributed by atoms with van der Waals surface area (Å²) in [4.78, 5) is 15.9. The Hall–Kier alpha value is -1.56. The van der Waals surface area contributed by atoms with Crippen LogP contribution in [0.15, 0.2) is 29.3 Å². The maximum absolute atomic E-state index is 12.1. The molecule has 0 aromatic heterocycles. The Labute approximate surface area is 180 Å². The first-order valence-electron chi connectivity index (χ1n) is 8.46. The lowest BCUT2D eigenvalue weighted by molar-refractivity contribution is -0.176. The van der Waals surface area contributed by atoms with E-state index in [0.29, 0.717) is 18.1 Å². The van der Waals surface area contributed by atoms with E-state index in [2.05, 4.69) is 25.7 Å². The highest BCUT2D eigenvalue weighted by molar-refractivity contribution is 14.0. The molecule has 0 atom stereocenters. The summed E-state index contributed by atoms with van der Waals surface area (Å²) >= 11 is 0. The predicted octanol–water partition coefficient (Wildman–Crippen LogP) is 2.96. The smallest absolute Gasteiger partial charge is 0.367 e. The van der Waals surface area contributed by atoms with Gasteiger partial charge in [0.25, 0.3) is 0 Å². The molecule has 0 fully saturated rings. The van der Waals surface area contributed by atoms with Gasteiger partial charge in [0.2, 0.25) is 5.91 Å².